The van der Waals surface area contributed by atoms with E-state index in [0.29, 0.717) is 17.1 Å². The average Bonchev–Trinajstić information content (AvgIpc) is 2.49. The van der Waals surface area contributed by atoms with E-state index in [0.717, 1.165) is 0 Å². The number of aromatic nitrogens is 1. The number of nitrogen functional groups attached to an aromatic ring is 1. The van der Waals surface area contributed by atoms with Gasteiger partial charge in [0.05, 0.1) is 22.3 Å². The number of nitrogens with zero attached hydrogens (tertiary/aromatic N) is 2. The third-order valence-electron chi connectivity index (χ3n) is 2.48. The van der Waals surface area contributed by atoms with Crippen molar-refractivity contribution >= 4 is 29.0 Å². The second kappa shape index (κ2) is 6.02. The Balaban J connectivity index is 2.21. The Kier molecular flexibility index (Phi) is 4.15. The quantitative estimate of drug-likeness (QED) is 0.593. The van der Waals surface area contributed by atoms with Crippen molar-refractivity contribution in [2.24, 2.45) is 5.84 Å². The second-order valence-corrected chi connectivity index (χ2v) is 4.22. The Hall–Kier alpha value is -2.62. The monoisotopic (exact) mass is 287 g/mol. The molecule has 1 heterocycles. The van der Waals surface area contributed by atoms with Gasteiger partial charge in [-0.05, 0) is 30.3 Å². The highest BCUT2D eigenvalue weighted by Gasteiger charge is 2.10. The molecule has 0 atom stereocenters. The van der Waals surface area contributed by atoms with Crippen molar-refractivity contribution in [3.05, 3.63) is 52.7 Å². The number of nitrogens with one attached hydrogen (secondary N) is 2. The summed E-state index contributed by atoms with van der Waals surface area (Å²) in [6.45, 7) is 0. The summed E-state index contributed by atoms with van der Waals surface area (Å²) in [6.07, 6.45) is 0. The van der Waals surface area contributed by atoms with Crippen LogP contribution in [0.1, 0.15) is 16.1 Å². The highest BCUT2D eigenvalue weighted by atomic mass is 35.5. The molecular weight excluding hydrogens is 278 g/mol. The van der Waals surface area contributed by atoms with Crippen molar-refractivity contribution in [3.63, 3.8) is 0 Å². The molecule has 0 spiro atoms. The summed E-state index contributed by atoms with van der Waals surface area (Å²) in [6, 6.07) is 11.4. The van der Waals surface area contributed by atoms with E-state index in [9.17, 15) is 4.79 Å². The minimum atomic E-state index is -0.422. The van der Waals surface area contributed by atoms with E-state index >= 15 is 0 Å². The minimum Gasteiger partial charge on any atom is -0.319 e. The van der Waals surface area contributed by atoms with Crippen molar-refractivity contribution in [3.8, 4) is 6.07 Å². The van der Waals surface area contributed by atoms with Crippen LogP contribution < -0.4 is 16.6 Å². The number of nitrogens with two attached hydrogens (primary N) is 1. The number of benzene rings is 1. The van der Waals surface area contributed by atoms with Crippen LogP contribution >= 0.6 is 11.6 Å². The van der Waals surface area contributed by atoms with E-state index in [1.54, 1.807) is 30.3 Å². The summed E-state index contributed by atoms with van der Waals surface area (Å²) in [5.41, 5.74) is 3.38. The topological polar surface area (TPSA) is 104 Å². The lowest BCUT2D eigenvalue weighted by Gasteiger charge is -2.07. The molecule has 0 saturated carbocycles. The number of amides is 1. The molecule has 1 amide bonds. The Bertz CT molecular complexity index is 695. The molecule has 0 fully saturated rings. The van der Waals surface area contributed by atoms with Gasteiger partial charge in [-0.15, -0.1) is 0 Å². The molecule has 6 nitrogen and oxygen atoms in total. The highest BCUT2D eigenvalue weighted by molar-refractivity contribution is 6.34. The second-order valence-electron chi connectivity index (χ2n) is 3.81. The fourth-order valence-electron chi connectivity index (χ4n) is 1.51. The highest BCUT2D eigenvalue weighted by Crippen LogP contribution is 2.23. The molecule has 2 aromatic rings. The molecule has 100 valence electrons. The number of hydrazine groups is 1. The number of rotatable bonds is 3. The largest absolute Gasteiger partial charge is 0.319 e. The third-order valence-corrected chi connectivity index (χ3v) is 2.79. The number of anilines is 2. The van der Waals surface area contributed by atoms with E-state index in [1.165, 1.54) is 6.07 Å². The van der Waals surface area contributed by atoms with Crippen LogP contribution in [0.4, 0.5) is 11.5 Å². The molecule has 0 aliphatic rings. The van der Waals surface area contributed by atoms with Crippen molar-refractivity contribution < 1.29 is 4.79 Å². The van der Waals surface area contributed by atoms with E-state index in [-0.39, 0.29) is 10.7 Å². The number of pyridine rings is 1. The SMILES string of the molecule is N#Cc1ccc(NC(=O)c2cccc(NN)n2)c(Cl)c1. The molecule has 0 unspecified atom stereocenters. The van der Waals surface area contributed by atoms with Gasteiger partial charge in [0.15, 0.2) is 0 Å². The molecule has 1 aromatic carbocycles. The van der Waals surface area contributed by atoms with E-state index in [4.69, 9.17) is 22.7 Å². The van der Waals surface area contributed by atoms with Crippen LogP contribution in [-0.2, 0) is 0 Å². The van der Waals surface area contributed by atoms with Crippen LogP contribution in [0, 0.1) is 11.3 Å². The lowest BCUT2D eigenvalue weighted by atomic mass is 10.2. The van der Waals surface area contributed by atoms with Gasteiger partial charge in [-0.25, -0.2) is 10.8 Å². The van der Waals surface area contributed by atoms with E-state index < -0.39 is 5.91 Å². The van der Waals surface area contributed by atoms with Crippen LogP contribution in [0.2, 0.25) is 5.02 Å². The summed E-state index contributed by atoms with van der Waals surface area (Å²) in [7, 11) is 0. The first-order valence-corrected chi connectivity index (χ1v) is 5.96. The first-order chi connectivity index (χ1) is 9.63. The van der Waals surface area contributed by atoms with Gasteiger partial charge >= 0.3 is 0 Å². The van der Waals surface area contributed by atoms with Gasteiger partial charge in [0, 0.05) is 0 Å². The lowest BCUT2D eigenvalue weighted by Crippen LogP contribution is -2.16. The van der Waals surface area contributed by atoms with Crippen molar-refractivity contribution in [2.75, 3.05) is 10.7 Å². The number of hydrogen-bond acceptors (Lipinski definition) is 5. The molecule has 20 heavy (non-hydrogen) atoms. The summed E-state index contributed by atoms with van der Waals surface area (Å²) in [5.74, 6) is 5.19. The van der Waals surface area contributed by atoms with Crippen molar-refractivity contribution in [1.29, 1.82) is 5.26 Å². The van der Waals surface area contributed by atoms with Crippen LogP contribution in [0.5, 0.6) is 0 Å². The molecule has 0 bridgehead atoms. The Morgan fingerprint density at radius 2 is 2.15 bits per heavy atom. The first-order valence-electron chi connectivity index (χ1n) is 5.58. The average molecular weight is 288 g/mol. The van der Waals surface area contributed by atoms with E-state index in [1.807, 2.05) is 6.07 Å². The molecule has 0 saturated heterocycles. The predicted octanol–water partition coefficient (Wildman–Crippen LogP) is 2.14. The fraction of sp³-hybridized carbons (Fsp3) is 0. The third kappa shape index (κ3) is 3.03. The van der Waals surface area contributed by atoms with Gasteiger partial charge in [0.25, 0.3) is 5.91 Å². The molecule has 0 radical (unpaired) electrons. The normalized spacial score (nSPS) is 9.65. The maximum Gasteiger partial charge on any atom is 0.274 e. The van der Waals surface area contributed by atoms with Crippen LogP contribution in [0.3, 0.4) is 0 Å². The molecule has 7 heteroatoms. The van der Waals surface area contributed by atoms with E-state index in [2.05, 4.69) is 15.7 Å². The Labute approximate surface area is 120 Å². The van der Waals surface area contributed by atoms with Gasteiger partial charge in [-0.1, -0.05) is 17.7 Å². The van der Waals surface area contributed by atoms with Crippen LogP contribution in [0.25, 0.3) is 0 Å². The first kappa shape index (κ1) is 13.8. The van der Waals surface area contributed by atoms with Crippen molar-refractivity contribution in [1.82, 2.24) is 4.98 Å². The molecular formula is C13H10ClN5O. The minimum absolute atomic E-state index is 0.195. The maximum atomic E-state index is 12.0. The smallest absolute Gasteiger partial charge is 0.274 e. The zero-order chi connectivity index (χ0) is 14.5. The molecule has 1 aromatic heterocycles. The standard InChI is InChI=1S/C13H10ClN5O/c14-9-6-8(7-15)4-5-10(9)18-13(20)11-2-1-3-12(17-11)19-16/h1-6H,16H2,(H,17,19)(H,18,20). The summed E-state index contributed by atoms with van der Waals surface area (Å²) in [4.78, 5) is 16.0. The lowest BCUT2D eigenvalue weighted by molar-refractivity contribution is 0.102. The fourth-order valence-corrected chi connectivity index (χ4v) is 1.74. The van der Waals surface area contributed by atoms with Gasteiger partial charge in [0.2, 0.25) is 0 Å². The zero-order valence-electron chi connectivity index (χ0n) is 10.2. The van der Waals surface area contributed by atoms with Crippen LogP contribution in [-0.4, -0.2) is 10.9 Å². The van der Waals surface area contributed by atoms with Gasteiger partial charge in [0.1, 0.15) is 11.5 Å². The summed E-state index contributed by atoms with van der Waals surface area (Å²) < 4.78 is 0. The van der Waals surface area contributed by atoms with Gasteiger partial charge in [-0.2, -0.15) is 5.26 Å². The summed E-state index contributed by atoms with van der Waals surface area (Å²) in [5, 5.41) is 11.6. The molecule has 2 rings (SSSR count). The number of hydrogen-bond donors (Lipinski definition) is 3. The molecule has 4 N–H and O–H groups in total. The number of nitriles is 1. The van der Waals surface area contributed by atoms with Crippen molar-refractivity contribution in [2.45, 2.75) is 0 Å². The van der Waals surface area contributed by atoms with Gasteiger partial charge in [-0.3, -0.25) is 4.79 Å². The number of halogens is 1. The maximum absolute atomic E-state index is 12.0. The molecule has 0 aliphatic carbocycles. The zero-order valence-corrected chi connectivity index (χ0v) is 11.0. The van der Waals surface area contributed by atoms with Crippen LogP contribution in [0.15, 0.2) is 36.4 Å². The molecule has 0 aliphatic heterocycles. The van der Waals surface area contributed by atoms with Gasteiger partial charge < -0.3 is 10.7 Å². The number of carbonyl (C=O) groups is 1. The Morgan fingerprint density at radius 3 is 2.80 bits per heavy atom. The number of carbonyl (C=O) groups excluding carboxylic acids is 1. The Morgan fingerprint density at radius 1 is 1.35 bits per heavy atom. The predicted molar refractivity (Wildman–Crippen MR) is 76.2 cm³/mol. The summed E-state index contributed by atoms with van der Waals surface area (Å²) >= 11 is 5.98.